The molecular weight excluding hydrogens is 278 g/mol. The second-order valence-electron chi connectivity index (χ2n) is 4.15. The van der Waals surface area contributed by atoms with Crippen LogP contribution in [0.25, 0.3) is 0 Å². The number of aromatic nitrogens is 3. The maximum atomic E-state index is 11.9. The maximum Gasteiger partial charge on any atom is 0.343 e. The van der Waals surface area contributed by atoms with Crippen LogP contribution >= 0.6 is 11.8 Å². The summed E-state index contributed by atoms with van der Waals surface area (Å²) in [4.78, 5) is 23.2. The first-order chi connectivity index (χ1) is 9.63. The van der Waals surface area contributed by atoms with Gasteiger partial charge in [0.05, 0.1) is 5.92 Å². The van der Waals surface area contributed by atoms with E-state index < -0.39 is 5.92 Å². The topological polar surface area (TPSA) is 106 Å². The van der Waals surface area contributed by atoms with Crippen molar-refractivity contribution in [1.29, 1.82) is 0 Å². The van der Waals surface area contributed by atoms with E-state index >= 15 is 0 Å². The van der Waals surface area contributed by atoms with Crippen LogP contribution in [-0.4, -0.2) is 26.4 Å². The molecule has 1 amide bonds. The number of nitrogens with zero attached hydrogens (tertiary/aromatic N) is 2. The Kier molecular flexibility index (Phi) is 4.59. The number of amides is 1. The largest absolute Gasteiger partial charge is 0.343 e. The number of hydrogen-bond donors (Lipinski definition) is 3. The van der Waals surface area contributed by atoms with Gasteiger partial charge in [-0.25, -0.2) is 15.7 Å². The van der Waals surface area contributed by atoms with E-state index in [-0.39, 0.29) is 11.6 Å². The lowest BCUT2D eigenvalue weighted by atomic mass is 10.0. The van der Waals surface area contributed by atoms with Crippen LogP contribution in [0.3, 0.4) is 0 Å². The summed E-state index contributed by atoms with van der Waals surface area (Å²) in [5.41, 5.74) is 2.75. The summed E-state index contributed by atoms with van der Waals surface area (Å²) in [7, 11) is 1.62. The van der Waals surface area contributed by atoms with E-state index in [9.17, 15) is 9.59 Å². The molecule has 8 heteroatoms. The van der Waals surface area contributed by atoms with Gasteiger partial charge in [-0.2, -0.15) is 0 Å². The zero-order chi connectivity index (χ0) is 14.5. The van der Waals surface area contributed by atoms with Crippen LogP contribution in [0, 0.1) is 0 Å². The van der Waals surface area contributed by atoms with E-state index in [0.717, 1.165) is 5.56 Å². The summed E-state index contributed by atoms with van der Waals surface area (Å²) in [6, 6.07) is 9.34. The molecule has 7 nitrogen and oxygen atoms in total. The molecule has 0 fully saturated rings. The number of hydrazine groups is 1. The summed E-state index contributed by atoms with van der Waals surface area (Å²) in [5.74, 6) is 4.98. The first-order valence-electron chi connectivity index (χ1n) is 5.93. The number of hydrogen-bond acceptors (Lipinski definition) is 5. The molecule has 2 aromatic rings. The minimum Gasteiger partial charge on any atom is -0.294 e. The number of nitrogens with one attached hydrogen (secondary N) is 2. The van der Waals surface area contributed by atoms with Crippen molar-refractivity contribution in [2.45, 2.75) is 11.1 Å². The third kappa shape index (κ3) is 3.09. The van der Waals surface area contributed by atoms with Crippen LogP contribution in [0.1, 0.15) is 11.5 Å². The Morgan fingerprint density at radius 3 is 2.75 bits per heavy atom. The van der Waals surface area contributed by atoms with Gasteiger partial charge >= 0.3 is 5.69 Å². The Morgan fingerprint density at radius 2 is 2.20 bits per heavy atom. The van der Waals surface area contributed by atoms with E-state index in [0.29, 0.717) is 10.9 Å². The highest BCUT2D eigenvalue weighted by Crippen LogP contribution is 2.24. The predicted molar refractivity (Wildman–Crippen MR) is 76.1 cm³/mol. The predicted octanol–water partition coefficient (Wildman–Crippen LogP) is -0.0258. The lowest BCUT2D eigenvalue weighted by molar-refractivity contribution is -0.122. The van der Waals surface area contributed by atoms with Crippen LogP contribution in [0.2, 0.25) is 0 Å². The monoisotopic (exact) mass is 293 g/mol. The van der Waals surface area contributed by atoms with Crippen molar-refractivity contribution >= 4 is 17.7 Å². The van der Waals surface area contributed by atoms with Gasteiger partial charge in [-0.1, -0.05) is 42.1 Å². The summed E-state index contributed by atoms with van der Waals surface area (Å²) in [6.45, 7) is 0. The summed E-state index contributed by atoms with van der Waals surface area (Å²) in [5, 5.41) is 6.78. The van der Waals surface area contributed by atoms with Gasteiger partial charge in [0.15, 0.2) is 5.16 Å². The lowest BCUT2D eigenvalue weighted by Crippen LogP contribution is -2.35. The Hall–Kier alpha value is -2.06. The molecule has 1 heterocycles. The fourth-order valence-electron chi connectivity index (χ4n) is 1.73. The number of carbonyl (C=O) groups is 1. The molecular formula is C12H15N5O2S. The molecule has 0 radical (unpaired) electrons. The van der Waals surface area contributed by atoms with Crippen LogP contribution in [-0.2, 0) is 11.8 Å². The molecule has 0 bridgehead atoms. The molecule has 1 atom stereocenters. The van der Waals surface area contributed by atoms with Crippen molar-refractivity contribution in [3.63, 3.8) is 0 Å². The zero-order valence-electron chi connectivity index (χ0n) is 10.9. The minimum absolute atomic E-state index is 0.274. The van der Waals surface area contributed by atoms with Crippen LogP contribution in [0.4, 0.5) is 0 Å². The highest BCUT2D eigenvalue weighted by molar-refractivity contribution is 7.99. The number of benzene rings is 1. The van der Waals surface area contributed by atoms with Crippen LogP contribution in [0.15, 0.2) is 40.3 Å². The van der Waals surface area contributed by atoms with Gasteiger partial charge in [0.25, 0.3) is 0 Å². The molecule has 20 heavy (non-hydrogen) atoms. The highest BCUT2D eigenvalue weighted by Gasteiger charge is 2.21. The van der Waals surface area contributed by atoms with E-state index in [1.807, 2.05) is 30.3 Å². The van der Waals surface area contributed by atoms with Crippen LogP contribution in [0.5, 0.6) is 0 Å². The van der Waals surface area contributed by atoms with Gasteiger partial charge < -0.3 is 0 Å². The molecule has 0 spiro atoms. The molecule has 0 saturated heterocycles. The Bertz CT molecular complexity index is 637. The average Bonchev–Trinajstić information content (AvgIpc) is 2.80. The van der Waals surface area contributed by atoms with Crippen molar-refractivity contribution in [3.8, 4) is 0 Å². The molecule has 1 aromatic heterocycles. The van der Waals surface area contributed by atoms with E-state index in [4.69, 9.17) is 5.84 Å². The van der Waals surface area contributed by atoms with Crippen molar-refractivity contribution in [2.75, 3.05) is 5.75 Å². The standard InChI is InChI=1S/C12H15N5O2S/c1-17-11(19)15-16-12(17)20-7-9(10(18)14-13)8-5-3-2-4-6-8/h2-6,9H,7,13H2,1H3,(H,14,18)(H,15,19). The highest BCUT2D eigenvalue weighted by atomic mass is 32.2. The molecule has 1 unspecified atom stereocenters. The number of H-pyrrole nitrogens is 1. The fraction of sp³-hybridized carbons (Fsp3) is 0.250. The SMILES string of the molecule is Cn1c(SCC(C(=O)NN)c2ccccc2)n[nH]c1=O. The molecule has 0 aliphatic carbocycles. The van der Waals surface area contributed by atoms with Crippen molar-refractivity contribution in [2.24, 2.45) is 12.9 Å². The summed E-state index contributed by atoms with van der Waals surface area (Å²) < 4.78 is 1.40. The lowest BCUT2D eigenvalue weighted by Gasteiger charge is -2.14. The van der Waals surface area contributed by atoms with Crippen LogP contribution < -0.4 is 17.0 Å². The van der Waals surface area contributed by atoms with Crippen molar-refractivity contribution in [1.82, 2.24) is 20.2 Å². The molecule has 1 aromatic carbocycles. The average molecular weight is 293 g/mol. The number of carbonyl (C=O) groups excluding carboxylic acids is 1. The minimum atomic E-state index is -0.405. The normalized spacial score (nSPS) is 12.1. The van der Waals surface area contributed by atoms with Crippen molar-refractivity contribution < 1.29 is 4.79 Å². The molecule has 106 valence electrons. The van der Waals surface area contributed by atoms with E-state index in [1.165, 1.54) is 16.3 Å². The second-order valence-corrected chi connectivity index (χ2v) is 5.14. The van der Waals surface area contributed by atoms with Gasteiger partial charge in [0.1, 0.15) is 0 Å². The summed E-state index contributed by atoms with van der Waals surface area (Å²) >= 11 is 1.32. The van der Waals surface area contributed by atoms with Gasteiger partial charge in [-0.3, -0.25) is 14.8 Å². The van der Waals surface area contributed by atoms with Gasteiger partial charge in [-0.05, 0) is 5.56 Å². The van der Waals surface area contributed by atoms with Crippen molar-refractivity contribution in [3.05, 3.63) is 46.4 Å². The van der Waals surface area contributed by atoms with Gasteiger partial charge in [-0.15, -0.1) is 5.10 Å². The maximum absolute atomic E-state index is 11.9. The van der Waals surface area contributed by atoms with Gasteiger partial charge in [0.2, 0.25) is 5.91 Å². The molecule has 0 saturated carbocycles. The van der Waals surface area contributed by atoms with Gasteiger partial charge in [0, 0.05) is 12.8 Å². The number of thioether (sulfide) groups is 1. The third-order valence-electron chi connectivity index (χ3n) is 2.88. The number of rotatable bonds is 5. The fourth-order valence-corrected chi connectivity index (χ4v) is 2.78. The Morgan fingerprint density at radius 1 is 1.50 bits per heavy atom. The summed E-state index contributed by atoms with van der Waals surface area (Å²) in [6.07, 6.45) is 0. The Balaban J connectivity index is 2.15. The molecule has 4 N–H and O–H groups in total. The molecule has 0 aliphatic rings. The first-order valence-corrected chi connectivity index (χ1v) is 6.91. The number of aromatic amines is 1. The quantitative estimate of drug-likeness (QED) is 0.311. The van der Waals surface area contributed by atoms with E-state index in [1.54, 1.807) is 7.05 Å². The molecule has 2 rings (SSSR count). The first kappa shape index (κ1) is 14.4. The Labute approximate surface area is 119 Å². The smallest absolute Gasteiger partial charge is 0.294 e. The third-order valence-corrected chi connectivity index (χ3v) is 4.00. The molecule has 0 aliphatic heterocycles. The second kappa shape index (κ2) is 6.40. The van der Waals surface area contributed by atoms with E-state index in [2.05, 4.69) is 15.6 Å². The zero-order valence-corrected chi connectivity index (χ0v) is 11.7. The number of nitrogens with two attached hydrogens (primary N) is 1.